The summed E-state index contributed by atoms with van der Waals surface area (Å²) in [6, 6.07) is -1.29. The van der Waals surface area contributed by atoms with E-state index >= 15 is 0 Å². The molecule has 1 aliphatic rings. The Balaban J connectivity index is 0. The Bertz CT molecular complexity index is 266. The van der Waals surface area contributed by atoms with E-state index in [1.165, 1.54) is 19.3 Å². The number of carboxylic acid groups (broad SMARTS) is 2. The Kier molecular flexibility index (Phi) is 10.4. The summed E-state index contributed by atoms with van der Waals surface area (Å²) in [5.41, 5.74) is 15.8. The molecular formula is C10H21N3O4Pt. The van der Waals surface area contributed by atoms with Crippen LogP contribution in [0.5, 0.6) is 0 Å². The molecule has 0 heterocycles. The first-order chi connectivity index (χ1) is 7.74. The summed E-state index contributed by atoms with van der Waals surface area (Å²) in [6.45, 7) is 0. The predicted molar refractivity (Wildman–Crippen MR) is 62.1 cm³/mol. The molecule has 18 heavy (non-hydrogen) atoms. The molecule has 1 atom stereocenters. The Hall–Kier alpha value is -0.492. The molecule has 7 nitrogen and oxygen atoms in total. The summed E-state index contributed by atoms with van der Waals surface area (Å²) in [5, 5.41) is 16.0. The van der Waals surface area contributed by atoms with Crippen LogP contribution in [0.15, 0.2) is 0 Å². The molecule has 0 radical (unpaired) electrons. The topological polar surface area (TPSA) is 153 Å². The number of aliphatic carboxylic acids is 2. The number of carbonyl (C=O) groups is 2. The zero-order valence-corrected chi connectivity index (χ0v) is 12.4. The molecule has 1 saturated carbocycles. The SMILES string of the molecule is NC1(N)CCCCC1.N[C@@H](CC(=O)O)C(=O)O.[Pt]. The smallest absolute Gasteiger partial charge is 0.321 e. The van der Waals surface area contributed by atoms with Gasteiger partial charge in [-0.2, -0.15) is 0 Å². The van der Waals surface area contributed by atoms with E-state index in [1.54, 1.807) is 0 Å². The van der Waals surface area contributed by atoms with Gasteiger partial charge in [0.25, 0.3) is 0 Å². The molecule has 0 aliphatic heterocycles. The Morgan fingerprint density at radius 3 is 1.72 bits per heavy atom. The molecule has 0 aromatic rings. The molecule has 8 heteroatoms. The maximum atomic E-state index is 9.85. The molecule has 110 valence electrons. The molecule has 0 bridgehead atoms. The van der Waals surface area contributed by atoms with E-state index < -0.39 is 24.4 Å². The van der Waals surface area contributed by atoms with Crippen molar-refractivity contribution in [3.63, 3.8) is 0 Å². The normalized spacial score (nSPS) is 18.6. The van der Waals surface area contributed by atoms with E-state index in [2.05, 4.69) is 0 Å². The molecule has 0 saturated heterocycles. The fraction of sp³-hybridized carbons (Fsp3) is 0.800. The van der Waals surface area contributed by atoms with Gasteiger partial charge in [0.1, 0.15) is 6.04 Å². The quantitative estimate of drug-likeness (QED) is 0.367. The maximum absolute atomic E-state index is 9.85. The van der Waals surface area contributed by atoms with Crippen LogP contribution in [0.3, 0.4) is 0 Å². The van der Waals surface area contributed by atoms with Crippen LogP contribution in [0.2, 0.25) is 0 Å². The van der Waals surface area contributed by atoms with Crippen LogP contribution in [-0.2, 0) is 30.7 Å². The van der Waals surface area contributed by atoms with Crippen LogP contribution >= 0.6 is 0 Å². The van der Waals surface area contributed by atoms with Crippen molar-refractivity contribution in [1.29, 1.82) is 0 Å². The van der Waals surface area contributed by atoms with E-state index in [1.807, 2.05) is 0 Å². The number of hydrogen-bond donors (Lipinski definition) is 5. The van der Waals surface area contributed by atoms with Crippen LogP contribution in [0.25, 0.3) is 0 Å². The van der Waals surface area contributed by atoms with Crippen LogP contribution in [-0.4, -0.2) is 33.9 Å². The zero-order valence-electron chi connectivity index (χ0n) is 10.1. The summed E-state index contributed by atoms with van der Waals surface area (Å²) >= 11 is 0. The molecule has 1 fully saturated rings. The number of rotatable bonds is 3. The molecule has 1 rings (SSSR count). The van der Waals surface area contributed by atoms with Gasteiger partial charge in [-0.15, -0.1) is 0 Å². The summed E-state index contributed by atoms with van der Waals surface area (Å²) in [5.74, 6) is -2.50. The molecule has 1 aliphatic carbocycles. The number of carboxylic acids is 2. The van der Waals surface area contributed by atoms with Crippen molar-refractivity contribution in [1.82, 2.24) is 0 Å². The average Bonchev–Trinajstić information content (AvgIpc) is 2.16. The van der Waals surface area contributed by atoms with Crippen LogP contribution in [0.4, 0.5) is 0 Å². The van der Waals surface area contributed by atoms with E-state index in [9.17, 15) is 9.59 Å². The third-order valence-corrected chi connectivity index (χ3v) is 2.50. The summed E-state index contributed by atoms with van der Waals surface area (Å²) in [6.07, 6.45) is 5.23. The van der Waals surface area contributed by atoms with Gasteiger partial charge in [0.2, 0.25) is 0 Å². The first-order valence-corrected chi connectivity index (χ1v) is 5.52. The Morgan fingerprint density at radius 2 is 1.56 bits per heavy atom. The molecule has 0 aromatic heterocycles. The number of nitrogens with two attached hydrogens (primary N) is 3. The van der Waals surface area contributed by atoms with Gasteiger partial charge in [0, 0.05) is 21.1 Å². The molecular weight excluding hydrogens is 421 g/mol. The van der Waals surface area contributed by atoms with E-state index in [4.69, 9.17) is 27.4 Å². The standard InChI is InChI=1S/C6H14N2.C4H7NO4.Pt/c7-6(8)4-2-1-3-5-6;5-2(4(8)9)1-3(6)7;/h1-5,7-8H2;2H,1,5H2,(H,6,7)(H,8,9);/t;2-;/m.0./s1. The van der Waals surface area contributed by atoms with Gasteiger partial charge < -0.3 is 27.4 Å². The van der Waals surface area contributed by atoms with Gasteiger partial charge in [-0.3, -0.25) is 9.59 Å². The summed E-state index contributed by atoms with van der Waals surface area (Å²) in [7, 11) is 0. The fourth-order valence-electron chi connectivity index (χ4n) is 1.49. The fourth-order valence-corrected chi connectivity index (χ4v) is 1.49. The second-order valence-corrected chi connectivity index (χ2v) is 4.34. The van der Waals surface area contributed by atoms with Gasteiger partial charge in [-0.1, -0.05) is 19.3 Å². The predicted octanol–water partition coefficient (Wildman–Crippen LogP) is -0.565. The monoisotopic (exact) mass is 442 g/mol. The van der Waals surface area contributed by atoms with E-state index in [0.29, 0.717) is 0 Å². The second-order valence-electron chi connectivity index (χ2n) is 4.34. The van der Waals surface area contributed by atoms with Crippen molar-refractivity contribution < 1.29 is 40.9 Å². The minimum absolute atomic E-state index is 0. The average molecular weight is 442 g/mol. The van der Waals surface area contributed by atoms with Crippen molar-refractivity contribution >= 4 is 11.9 Å². The maximum Gasteiger partial charge on any atom is 0.321 e. The molecule has 0 unspecified atom stereocenters. The summed E-state index contributed by atoms with van der Waals surface area (Å²) < 4.78 is 0. The van der Waals surface area contributed by atoms with E-state index in [0.717, 1.165) is 12.8 Å². The molecule has 0 amide bonds. The second kappa shape index (κ2) is 9.44. The van der Waals surface area contributed by atoms with Crippen LogP contribution in [0, 0.1) is 0 Å². The first kappa shape index (κ1) is 19.8. The minimum Gasteiger partial charge on any atom is -0.481 e. The molecule has 8 N–H and O–H groups in total. The molecule has 0 spiro atoms. The van der Waals surface area contributed by atoms with Gasteiger partial charge in [-0.25, -0.2) is 0 Å². The van der Waals surface area contributed by atoms with Crippen LogP contribution < -0.4 is 17.2 Å². The number of hydrogen-bond acceptors (Lipinski definition) is 5. The minimum atomic E-state index is -1.29. The third-order valence-electron chi connectivity index (χ3n) is 2.50. The molecule has 0 aromatic carbocycles. The van der Waals surface area contributed by atoms with Crippen LogP contribution in [0.1, 0.15) is 38.5 Å². The van der Waals surface area contributed by atoms with Crippen molar-refractivity contribution in [2.24, 2.45) is 17.2 Å². The van der Waals surface area contributed by atoms with Crippen molar-refractivity contribution in [3.8, 4) is 0 Å². The van der Waals surface area contributed by atoms with Crippen molar-refractivity contribution in [2.75, 3.05) is 0 Å². The third kappa shape index (κ3) is 10.6. The van der Waals surface area contributed by atoms with Crippen molar-refractivity contribution in [2.45, 2.75) is 50.2 Å². The van der Waals surface area contributed by atoms with Gasteiger partial charge in [0.15, 0.2) is 0 Å². The zero-order chi connectivity index (χ0) is 13.5. The van der Waals surface area contributed by atoms with Gasteiger partial charge in [-0.05, 0) is 12.8 Å². The Morgan fingerprint density at radius 1 is 1.11 bits per heavy atom. The van der Waals surface area contributed by atoms with Gasteiger partial charge >= 0.3 is 11.9 Å². The Labute approximate surface area is 120 Å². The van der Waals surface area contributed by atoms with Crippen molar-refractivity contribution in [3.05, 3.63) is 0 Å². The van der Waals surface area contributed by atoms with Gasteiger partial charge in [0.05, 0.1) is 12.1 Å². The first-order valence-electron chi connectivity index (χ1n) is 5.52. The largest absolute Gasteiger partial charge is 0.481 e. The van der Waals surface area contributed by atoms with E-state index in [-0.39, 0.29) is 26.7 Å². The summed E-state index contributed by atoms with van der Waals surface area (Å²) in [4.78, 5) is 19.6.